The highest BCUT2D eigenvalue weighted by Gasteiger charge is 2.09. The van der Waals surface area contributed by atoms with E-state index in [2.05, 4.69) is 10.6 Å². The molecule has 2 amide bonds. The molecule has 114 valence electrons. The fourth-order valence-electron chi connectivity index (χ4n) is 1.71. The quantitative estimate of drug-likeness (QED) is 0.381. The monoisotopic (exact) mass is 292 g/mol. The van der Waals surface area contributed by atoms with E-state index in [0.717, 1.165) is 0 Å². The van der Waals surface area contributed by atoms with Crippen LogP contribution in [0.5, 0.6) is 5.75 Å². The van der Waals surface area contributed by atoms with Gasteiger partial charge >= 0.3 is 0 Å². The number of ether oxygens (including phenoxy) is 1. The third-order valence-electron chi connectivity index (χ3n) is 2.89. The third-order valence-corrected chi connectivity index (χ3v) is 2.89. The summed E-state index contributed by atoms with van der Waals surface area (Å²) in [6.45, 7) is 1.00. The summed E-state index contributed by atoms with van der Waals surface area (Å²) in [5.41, 5.74) is 0.568. The number of nitrogens with one attached hydrogen (secondary N) is 2. The van der Waals surface area contributed by atoms with Gasteiger partial charge in [0.25, 0.3) is 0 Å². The van der Waals surface area contributed by atoms with Crippen molar-refractivity contribution in [3.8, 4) is 5.75 Å². The van der Waals surface area contributed by atoms with Crippen molar-refractivity contribution < 1.29 is 19.1 Å². The summed E-state index contributed by atoms with van der Waals surface area (Å²) in [7, 11) is 1.56. The van der Waals surface area contributed by atoms with Crippen molar-refractivity contribution >= 4 is 18.1 Å². The van der Waals surface area contributed by atoms with Gasteiger partial charge in [0.05, 0.1) is 7.11 Å². The zero-order valence-corrected chi connectivity index (χ0v) is 12.1. The minimum Gasteiger partial charge on any atom is -0.497 e. The third kappa shape index (κ3) is 6.56. The number of amides is 2. The van der Waals surface area contributed by atoms with E-state index in [1.165, 1.54) is 0 Å². The lowest BCUT2D eigenvalue weighted by Gasteiger charge is -2.05. The van der Waals surface area contributed by atoms with Crippen LogP contribution in [-0.2, 0) is 9.59 Å². The fraction of sp³-hybridized carbons (Fsp3) is 0.400. The lowest BCUT2D eigenvalue weighted by molar-refractivity contribution is -0.121. The Balaban J connectivity index is 2.25. The second kappa shape index (κ2) is 9.52. The maximum Gasteiger partial charge on any atom is 0.220 e. The number of rotatable bonds is 10. The predicted molar refractivity (Wildman–Crippen MR) is 78.3 cm³/mol. The van der Waals surface area contributed by atoms with Crippen LogP contribution < -0.4 is 15.4 Å². The second-order valence-electron chi connectivity index (χ2n) is 4.43. The van der Waals surface area contributed by atoms with E-state index in [0.29, 0.717) is 37.2 Å². The molecule has 6 heteroatoms. The summed E-state index contributed by atoms with van der Waals surface area (Å²) in [6, 6.07) is 6.80. The Morgan fingerprint density at radius 3 is 2.48 bits per heavy atom. The highest BCUT2D eigenvalue weighted by molar-refractivity contribution is 5.98. The summed E-state index contributed by atoms with van der Waals surface area (Å²) in [6.07, 6.45) is 1.61. The number of hydrogen-bond acceptors (Lipinski definition) is 4. The maximum absolute atomic E-state index is 11.9. The number of carbonyl (C=O) groups excluding carboxylic acids is 3. The molecule has 0 radical (unpaired) electrons. The van der Waals surface area contributed by atoms with E-state index in [1.54, 1.807) is 31.4 Å². The first-order valence-corrected chi connectivity index (χ1v) is 6.78. The van der Waals surface area contributed by atoms with E-state index in [-0.39, 0.29) is 24.5 Å². The molecule has 0 aliphatic heterocycles. The Hall–Kier alpha value is -2.37. The number of benzene rings is 1. The van der Waals surface area contributed by atoms with Crippen molar-refractivity contribution in [2.75, 3.05) is 20.2 Å². The van der Waals surface area contributed by atoms with Crippen LogP contribution in [0.2, 0.25) is 0 Å². The molecule has 0 saturated carbocycles. The smallest absolute Gasteiger partial charge is 0.220 e. The Kier molecular flexibility index (Phi) is 7.56. The zero-order valence-electron chi connectivity index (χ0n) is 12.1. The molecule has 0 aliphatic carbocycles. The minimum absolute atomic E-state index is 0.0737. The molecule has 0 spiro atoms. The molecule has 0 bridgehead atoms. The number of ketones is 1. The standard InChI is InChI=1S/C15H20N2O4/c1-21-13-5-3-12(4-6-13)14(19)7-8-15(20)17-10-2-9-16-11-18/h3-6,11H,2,7-10H2,1H3,(H,16,18)(H,17,20). The molecule has 21 heavy (non-hydrogen) atoms. The van der Waals surface area contributed by atoms with Crippen molar-refractivity contribution in [2.45, 2.75) is 19.3 Å². The number of carbonyl (C=O) groups is 3. The Morgan fingerprint density at radius 1 is 1.14 bits per heavy atom. The van der Waals surface area contributed by atoms with Crippen LogP contribution in [0.4, 0.5) is 0 Å². The first-order chi connectivity index (χ1) is 10.2. The number of Topliss-reactive ketones (excluding diaryl/α,β-unsaturated/α-hetero) is 1. The molecule has 1 rings (SSSR count). The van der Waals surface area contributed by atoms with Crippen LogP contribution >= 0.6 is 0 Å². The molecular formula is C15H20N2O4. The molecule has 2 N–H and O–H groups in total. The van der Waals surface area contributed by atoms with E-state index in [9.17, 15) is 14.4 Å². The van der Waals surface area contributed by atoms with Crippen LogP contribution in [0.3, 0.4) is 0 Å². The van der Waals surface area contributed by atoms with E-state index < -0.39 is 0 Å². The highest BCUT2D eigenvalue weighted by atomic mass is 16.5. The van der Waals surface area contributed by atoms with Gasteiger partial charge in [-0.05, 0) is 30.7 Å². The van der Waals surface area contributed by atoms with Crippen LogP contribution in [0.25, 0.3) is 0 Å². The van der Waals surface area contributed by atoms with Gasteiger partial charge in [0, 0.05) is 31.5 Å². The summed E-state index contributed by atoms with van der Waals surface area (Å²) in [4.78, 5) is 33.4. The van der Waals surface area contributed by atoms with Crippen LogP contribution in [0, 0.1) is 0 Å². The van der Waals surface area contributed by atoms with E-state index >= 15 is 0 Å². The van der Waals surface area contributed by atoms with Crippen molar-refractivity contribution in [3.05, 3.63) is 29.8 Å². The van der Waals surface area contributed by atoms with Gasteiger partial charge < -0.3 is 15.4 Å². The van der Waals surface area contributed by atoms with Crippen molar-refractivity contribution in [1.29, 1.82) is 0 Å². The fourth-order valence-corrected chi connectivity index (χ4v) is 1.71. The summed E-state index contributed by atoms with van der Waals surface area (Å²) in [5.74, 6) is 0.451. The van der Waals surface area contributed by atoms with Gasteiger partial charge in [0.1, 0.15) is 5.75 Å². The number of methoxy groups -OCH3 is 1. The van der Waals surface area contributed by atoms with Crippen molar-refractivity contribution in [3.63, 3.8) is 0 Å². The van der Waals surface area contributed by atoms with Crippen LogP contribution in [0.1, 0.15) is 29.6 Å². The van der Waals surface area contributed by atoms with Gasteiger partial charge in [-0.2, -0.15) is 0 Å². The lowest BCUT2D eigenvalue weighted by Crippen LogP contribution is -2.27. The van der Waals surface area contributed by atoms with Crippen molar-refractivity contribution in [1.82, 2.24) is 10.6 Å². The Bertz CT molecular complexity index is 471. The lowest BCUT2D eigenvalue weighted by atomic mass is 10.1. The maximum atomic E-state index is 11.9. The molecule has 0 atom stereocenters. The van der Waals surface area contributed by atoms with Gasteiger partial charge in [-0.15, -0.1) is 0 Å². The minimum atomic E-state index is -0.164. The van der Waals surface area contributed by atoms with E-state index in [1.807, 2.05) is 0 Å². The second-order valence-corrected chi connectivity index (χ2v) is 4.43. The van der Waals surface area contributed by atoms with Crippen LogP contribution in [-0.4, -0.2) is 38.3 Å². The molecule has 6 nitrogen and oxygen atoms in total. The molecule has 0 heterocycles. The molecule has 1 aromatic carbocycles. The normalized spacial score (nSPS) is 9.76. The molecule has 1 aromatic rings. The van der Waals surface area contributed by atoms with Crippen molar-refractivity contribution in [2.24, 2.45) is 0 Å². The molecule has 0 aliphatic rings. The first kappa shape index (κ1) is 16.7. The highest BCUT2D eigenvalue weighted by Crippen LogP contribution is 2.13. The molecule has 0 saturated heterocycles. The van der Waals surface area contributed by atoms with E-state index in [4.69, 9.17) is 4.74 Å². The number of hydrogen-bond donors (Lipinski definition) is 2. The van der Waals surface area contributed by atoms with Gasteiger partial charge in [0.15, 0.2) is 5.78 Å². The summed E-state index contributed by atoms with van der Waals surface area (Å²) in [5, 5.41) is 5.21. The SMILES string of the molecule is COc1ccc(C(=O)CCC(=O)NCCCNC=O)cc1. The van der Waals surface area contributed by atoms with Gasteiger partial charge in [0.2, 0.25) is 12.3 Å². The topological polar surface area (TPSA) is 84.5 Å². The molecular weight excluding hydrogens is 272 g/mol. The predicted octanol–water partition coefficient (Wildman–Crippen LogP) is 0.910. The summed E-state index contributed by atoms with van der Waals surface area (Å²) >= 11 is 0. The Morgan fingerprint density at radius 2 is 1.86 bits per heavy atom. The largest absolute Gasteiger partial charge is 0.497 e. The van der Waals surface area contributed by atoms with Crippen LogP contribution in [0.15, 0.2) is 24.3 Å². The zero-order chi connectivity index (χ0) is 15.5. The van der Waals surface area contributed by atoms with Gasteiger partial charge in [-0.1, -0.05) is 0 Å². The molecule has 0 fully saturated rings. The summed E-state index contributed by atoms with van der Waals surface area (Å²) < 4.78 is 5.02. The Labute approximate surface area is 123 Å². The van der Waals surface area contributed by atoms with Gasteiger partial charge in [-0.3, -0.25) is 14.4 Å². The average molecular weight is 292 g/mol. The molecule has 0 aromatic heterocycles. The first-order valence-electron chi connectivity index (χ1n) is 6.78. The molecule has 0 unspecified atom stereocenters. The average Bonchev–Trinajstić information content (AvgIpc) is 2.52. The van der Waals surface area contributed by atoms with Gasteiger partial charge in [-0.25, -0.2) is 0 Å².